The lowest BCUT2D eigenvalue weighted by molar-refractivity contribution is 1.41. The maximum absolute atomic E-state index is 2.24. The van der Waals surface area contributed by atoms with Crippen LogP contribution in [-0.4, -0.2) is 7.05 Å². The Morgan fingerprint density at radius 1 is 1.22 bits per heavy atom. The fourth-order valence-corrected chi connectivity index (χ4v) is 0.955. The van der Waals surface area contributed by atoms with Crippen LogP contribution in [0.25, 0.3) is 0 Å². The van der Waals surface area contributed by atoms with E-state index in [0.717, 1.165) is 0 Å². The molecule has 0 aliphatic heterocycles. The van der Waals surface area contributed by atoms with Gasteiger partial charge >= 0.3 is 0 Å². The average Bonchev–Trinajstić information content (AvgIpc) is 1.90. The van der Waals surface area contributed by atoms with E-state index in [1.54, 1.807) is 0 Å². The number of hydrogen-bond acceptors (Lipinski definition) is 1. The summed E-state index contributed by atoms with van der Waals surface area (Å²) in [5, 5.41) is 0. The van der Waals surface area contributed by atoms with Crippen molar-refractivity contribution in [1.29, 1.82) is 0 Å². The first-order valence-electron chi connectivity index (χ1n) is 2.75. The number of benzene rings is 1. The Balaban J connectivity index is 2.85. The second-order valence-corrected chi connectivity index (χ2v) is 3.26. The Morgan fingerprint density at radius 3 is 2.11 bits per heavy atom. The lowest BCUT2D eigenvalue weighted by Gasteiger charge is -2.07. The SMILES string of the molecule is CN(I)c1ccccc1. The van der Waals surface area contributed by atoms with E-state index in [2.05, 4.69) is 38.1 Å². The molecule has 0 unspecified atom stereocenters. The van der Waals surface area contributed by atoms with Crippen LogP contribution in [-0.2, 0) is 0 Å². The maximum Gasteiger partial charge on any atom is 0.0588 e. The van der Waals surface area contributed by atoms with Crippen LogP contribution < -0.4 is 3.11 Å². The molecule has 0 radical (unpaired) electrons. The van der Waals surface area contributed by atoms with Gasteiger partial charge in [0.1, 0.15) is 0 Å². The highest BCUT2D eigenvalue weighted by molar-refractivity contribution is 14.1. The molecule has 2 heteroatoms. The molecule has 1 rings (SSSR count). The lowest BCUT2D eigenvalue weighted by Crippen LogP contribution is -1.97. The number of rotatable bonds is 1. The maximum atomic E-state index is 2.24. The summed E-state index contributed by atoms with van der Waals surface area (Å²) in [4.78, 5) is 0. The van der Waals surface area contributed by atoms with Crippen molar-refractivity contribution in [2.45, 2.75) is 0 Å². The second-order valence-electron chi connectivity index (χ2n) is 1.81. The molecule has 0 aliphatic carbocycles. The van der Waals surface area contributed by atoms with Gasteiger partial charge in [0.15, 0.2) is 0 Å². The smallest absolute Gasteiger partial charge is 0.0588 e. The molecule has 0 N–H and O–H groups in total. The van der Waals surface area contributed by atoms with Crippen LogP contribution in [0.15, 0.2) is 30.3 Å². The number of halogens is 1. The Bertz CT molecular complexity index is 172. The molecule has 0 saturated carbocycles. The quantitative estimate of drug-likeness (QED) is 0.532. The van der Waals surface area contributed by atoms with E-state index < -0.39 is 0 Å². The molecule has 0 aliphatic rings. The topological polar surface area (TPSA) is 3.24 Å². The molecule has 1 aromatic carbocycles. The predicted molar refractivity (Wildman–Crippen MR) is 48.9 cm³/mol. The second kappa shape index (κ2) is 3.06. The van der Waals surface area contributed by atoms with Gasteiger partial charge in [-0.05, 0) is 12.1 Å². The first-order chi connectivity index (χ1) is 4.30. The molecule has 0 atom stereocenters. The van der Waals surface area contributed by atoms with Crippen molar-refractivity contribution in [3.05, 3.63) is 30.3 Å². The number of hydrogen-bond donors (Lipinski definition) is 0. The van der Waals surface area contributed by atoms with Crippen molar-refractivity contribution < 1.29 is 0 Å². The Morgan fingerprint density at radius 2 is 1.78 bits per heavy atom. The number of para-hydroxylation sites is 1. The van der Waals surface area contributed by atoms with Crippen molar-refractivity contribution in [3.63, 3.8) is 0 Å². The zero-order valence-corrected chi connectivity index (χ0v) is 7.37. The minimum absolute atomic E-state index is 1.23. The van der Waals surface area contributed by atoms with E-state index in [9.17, 15) is 0 Å². The summed E-state index contributed by atoms with van der Waals surface area (Å²) in [5.41, 5.74) is 1.23. The first kappa shape index (κ1) is 6.86. The van der Waals surface area contributed by atoms with Crippen molar-refractivity contribution in [2.24, 2.45) is 0 Å². The van der Waals surface area contributed by atoms with E-state index in [0.29, 0.717) is 0 Å². The van der Waals surface area contributed by atoms with Gasteiger partial charge in [0.2, 0.25) is 0 Å². The van der Waals surface area contributed by atoms with Crippen LogP contribution in [0.5, 0.6) is 0 Å². The van der Waals surface area contributed by atoms with E-state index in [4.69, 9.17) is 0 Å². The molecular weight excluding hydrogens is 225 g/mol. The van der Waals surface area contributed by atoms with Crippen LogP contribution in [0, 0.1) is 0 Å². The van der Waals surface area contributed by atoms with Crippen molar-refractivity contribution >= 4 is 28.6 Å². The molecule has 9 heavy (non-hydrogen) atoms. The summed E-state index contributed by atoms with van der Waals surface area (Å²) < 4.78 is 2.05. The van der Waals surface area contributed by atoms with E-state index in [1.807, 2.05) is 25.2 Å². The summed E-state index contributed by atoms with van der Waals surface area (Å²) in [6, 6.07) is 10.2. The van der Waals surface area contributed by atoms with E-state index in [-0.39, 0.29) is 0 Å². The minimum atomic E-state index is 1.23. The Labute approximate surface area is 69.2 Å². The molecular formula is C7H8IN. The summed E-state index contributed by atoms with van der Waals surface area (Å²) in [6.45, 7) is 0. The predicted octanol–water partition coefficient (Wildman–Crippen LogP) is 2.47. The molecule has 1 aromatic rings. The molecule has 0 saturated heterocycles. The van der Waals surface area contributed by atoms with Gasteiger partial charge in [-0.3, -0.25) is 0 Å². The van der Waals surface area contributed by atoms with Gasteiger partial charge in [0.05, 0.1) is 22.9 Å². The molecule has 0 spiro atoms. The fourth-order valence-electron chi connectivity index (χ4n) is 0.633. The molecule has 48 valence electrons. The van der Waals surface area contributed by atoms with E-state index >= 15 is 0 Å². The molecule has 0 fully saturated rings. The highest BCUT2D eigenvalue weighted by atomic mass is 127. The third-order valence-electron chi connectivity index (χ3n) is 1.11. The molecule has 0 bridgehead atoms. The zero-order valence-electron chi connectivity index (χ0n) is 5.21. The lowest BCUT2D eigenvalue weighted by atomic mass is 10.3. The zero-order chi connectivity index (χ0) is 6.69. The van der Waals surface area contributed by atoms with Gasteiger partial charge in [-0.2, -0.15) is 0 Å². The molecule has 0 heterocycles. The fraction of sp³-hybridized carbons (Fsp3) is 0.143. The first-order valence-corrected chi connectivity index (χ1v) is 3.72. The van der Waals surface area contributed by atoms with E-state index in [1.165, 1.54) is 5.69 Å². The van der Waals surface area contributed by atoms with Gasteiger partial charge in [0, 0.05) is 12.7 Å². The van der Waals surface area contributed by atoms with Gasteiger partial charge in [0.25, 0.3) is 0 Å². The highest BCUT2D eigenvalue weighted by Crippen LogP contribution is 2.13. The van der Waals surface area contributed by atoms with Crippen molar-refractivity contribution in [2.75, 3.05) is 10.2 Å². The molecule has 0 amide bonds. The largest absolute Gasteiger partial charge is 0.318 e. The van der Waals surface area contributed by atoms with Crippen LogP contribution >= 0.6 is 22.9 Å². The number of anilines is 1. The summed E-state index contributed by atoms with van der Waals surface area (Å²) in [7, 11) is 2.02. The van der Waals surface area contributed by atoms with Crippen molar-refractivity contribution in [1.82, 2.24) is 0 Å². The van der Waals surface area contributed by atoms with Gasteiger partial charge in [-0.25, -0.2) is 0 Å². The Hall–Kier alpha value is -0.250. The van der Waals surface area contributed by atoms with Crippen LogP contribution in [0.4, 0.5) is 5.69 Å². The van der Waals surface area contributed by atoms with Crippen LogP contribution in [0.1, 0.15) is 0 Å². The average molecular weight is 233 g/mol. The highest BCUT2D eigenvalue weighted by Gasteiger charge is 1.89. The summed E-state index contributed by atoms with van der Waals surface area (Å²) in [5.74, 6) is 0. The standard InChI is InChI=1S/C7H8IN/c1-9(8)7-5-3-2-4-6-7/h2-6H,1H3. The van der Waals surface area contributed by atoms with Crippen molar-refractivity contribution in [3.8, 4) is 0 Å². The van der Waals surface area contributed by atoms with Crippen LogP contribution in [0.3, 0.4) is 0 Å². The number of nitrogens with zero attached hydrogens (tertiary/aromatic N) is 1. The van der Waals surface area contributed by atoms with Gasteiger partial charge in [-0.15, -0.1) is 0 Å². The molecule has 1 nitrogen and oxygen atoms in total. The van der Waals surface area contributed by atoms with Gasteiger partial charge in [-0.1, -0.05) is 18.2 Å². The summed E-state index contributed by atoms with van der Waals surface area (Å²) >= 11 is 2.24. The third-order valence-corrected chi connectivity index (χ3v) is 1.67. The minimum Gasteiger partial charge on any atom is -0.318 e. The summed E-state index contributed by atoms with van der Waals surface area (Å²) in [6.07, 6.45) is 0. The molecule has 0 aromatic heterocycles. The normalized spacial score (nSPS) is 9.11. The van der Waals surface area contributed by atoms with Crippen LogP contribution in [0.2, 0.25) is 0 Å². The Kier molecular flexibility index (Phi) is 2.33. The third kappa shape index (κ3) is 1.86. The monoisotopic (exact) mass is 233 g/mol. The van der Waals surface area contributed by atoms with Gasteiger partial charge < -0.3 is 3.11 Å².